The summed E-state index contributed by atoms with van der Waals surface area (Å²) >= 11 is 1.63. The maximum Gasteiger partial charge on any atom is 0.311 e. The van der Waals surface area contributed by atoms with E-state index in [4.69, 9.17) is 4.74 Å². The van der Waals surface area contributed by atoms with Gasteiger partial charge in [0.2, 0.25) is 0 Å². The van der Waals surface area contributed by atoms with E-state index in [1.165, 1.54) is 5.56 Å². The quantitative estimate of drug-likeness (QED) is 0.213. The van der Waals surface area contributed by atoms with E-state index in [-0.39, 0.29) is 5.97 Å². The van der Waals surface area contributed by atoms with Gasteiger partial charge in [0.05, 0.1) is 29.6 Å². The molecular weight excluding hydrogens is 446 g/mol. The van der Waals surface area contributed by atoms with Crippen LogP contribution < -0.4 is 10.6 Å². The smallest absolute Gasteiger partial charge is 0.311 e. The highest BCUT2D eigenvalue weighted by Gasteiger charge is 2.28. The SMILES string of the molecule is CCOC(=O)C(C)(C)CCCCc1ccc(NCc2ccc3c(c2)Nc2nccnc2S3)cn1. The number of aryl methyl sites for hydroxylation is 1. The Morgan fingerprint density at radius 3 is 2.76 bits per heavy atom. The number of hydrogen-bond donors (Lipinski definition) is 2. The molecule has 0 atom stereocenters. The van der Waals surface area contributed by atoms with Gasteiger partial charge in [-0.15, -0.1) is 0 Å². The number of ether oxygens (including phenoxy) is 1. The number of aromatic nitrogens is 3. The summed E-state index contributed by atoms with van der Waals surface area (Å²) in [5.41, 5.74) is 3.85. The Kier molecular flexibility index (Phi) is 7.67. The molecule has 2 aromatic heterocycles. The molecule has 1 aliphatic rings. The zero-order chi connectivity index (χ0) is 24.0. The number of carbonyl (C=O) groups is 1. The maximum atomic E-state index is 12.0. The number of fused-ring (bicyclic) bond motifs is 2. The molecule has 0 radical (unpaired) electrons. The van der Waals surface area contributed by atoms with Crippen LogP contribution in [0.15, 0.2) is 58.8 Å². The van der Waals surface area contributed by atoms with E-state index in [1.54, 1.807) is 24.2 Å². The van der Waals surface area contributed by atoms with Crippen LogP contribution in [0.5, 0.6) is 0 Å². The second-order valence-corrected chi connectivity index (χ2v) is 10.0. The third-order valence-electron chi connectivity index (χ3n) is 5.80. The van der Waals surface area contributed by atoms with E-state index in [0.29, 0.717) is 13.2 Å². The van der Waals surface area contributed by atoms with Crippen molar-refractivity contribution in [2.75, 3.05) is 17.2 Å². The number of nitrogens with one attached hydrogen (secondary N) is 2. The summed E-state index contributed by atoms with van der Waals surface area (Å²) in [5, 5.41) is 7.72. The topological polar surface area (TPSA) is 89.0 Å². The number of unbranched alkanes of at least 4 members (excludes halogenated alkanes) is 1. The van der Waals surface area contributed by atoms with Gasteiger partial charge in [0.15, 0.2) is 5.82 Å². The summed E-state index contributed by atoms with van der Waals surface area (Å²) < 4.78 is 5.16. The summed E-state index contributed by atoms with van der Waals surface area (Å²) in [6, 6.07) is 10.5. The molecule has 4 rings (SSSR count). The van der Waals surface area contributed by atoms with Crippen molar-refractivity contribution in [1.29, 1.82) is 0 Å². The van der Waals surface area contributed by atoms with E-state index < -0.39 is 5.41 Å². The van der Waals surface area contributed by atoms with E-state index in [2.05, 4.69) is 55.9 Å². The molecule has 178 valence electrons. The van der Waals surface area contributed by atoms with Crippen LogP contribution in [0.25, 0.3) is 0 Å². The molecule has 0 saturated heterocycles. The van der Waals surface area contributed by atoms with Crippen LogP contribution in [0.2, 0.25) is 0 Å². The predicted molar refractivity (Wildman–Crippen MR) is 135 cm³/mol. The molecule has 0 fully saturated rings. The number of esters is 1. The Labute approximate surface area is 205 Å². The van der Waals surface area contributed by atoms with Crippen molar-refractivity contribution in [1.82, 2.24) is 15.0 Å². The average molecular weight is 478 g/mol. The summed E-state index contributed by atoms with van der Waals surface area (Å²) in [4.78, 5) is 26.5. The van der Waals surface area contributed by atoms with Crippen LogP contribution >= 0.6 is 11.8 Å². The minimum Gasteiger partial charge on any atom is -0.466 e. The third-order valence-corrected chi connectivity index (χ3v) is 6.87. The van der Waals surface area contributed by atoms with Crippen LogP contribution in [-0.2, 0) is 22.5 Å². The molecule has 8 heteroatoms. The minimum absolute atomic E-state index is 0.115. The van der Waals surface area contributed by atoms with Crippen LogP contribution in [0, 0.1) is 5.41 Å². The van der Waals surface area contributed by atoms with Crippen LogP contribution in [0.4, 0.5) is 17.2 Å². The van der Waals surface area contributed by atoms with Crippen LogP contribution in [0.1, 0.15) is 51.3 Å². The third kappa shape index (κ3) is 6.05. The van der Waals surface area contributed by atoms with Gasteiger partial charge in [-0.1, -0.05) is 24.2 Å². The normalized spacial score (nSPS) is 12.3. The van der Waals surface area contributed by atoms with Crippen molar-refractivity contribution in [3.8, 4) is 0 Å². The van der Waals surface area contributed by atoms with E-state index in [0.717, 1.165) is 58.5 Å². The number of carbonyl (C=O) groups excluding carboxylic acids is 1. The first-order valence-electron chi connectivity index (χ1n) is 11.7. The molecule has 0 spiro atoms. The summed E-state index contributed by atoms with van der Waals surface area (Å²) in [6.07, 6.45) is 8.98. The highest BCUT2D eigenvalue weighted by atomic mass is 32.2. The second kappa shape index (κ2) is 10.9. The molecule has 7 nitrogen and oxygen atoms in total. The lowest BCUT2D eigenvalue weighted by Crippen LogP contribution is -2.26. The fraction of sp³-hybridized carbons (Fsp3) is 0.385. The Morgan fingerprint density at radius 2 is 1.97 bits per heavy atom. The largest absolute Gasteiger partial charge is 0.466 e. The van der Waals surface area contributed by atoms with E-state index in [1.807, 2.05) is 27.0 Å². The summed E-state index contributed by atoms with van der Waals surface area (Å²) in [6.45, 7) is 6.88. The number of nitrogens with zero attached hydrogens (tertiary/aromatic N) is 3. The predicted octanol–water partition coefficient (Wildman–Crippen LogP) is 5.99. The van der Waals surface area contributed by atoms with Gasteiger partial charge >= 0.3 is 5.97 Å². The van der Waals surface area contributed by atoms with Crippen LogP contribution in [0.3, 0.4) is 0 Å². The molecule has 0 saturated carbocycles. The van der Waals surface area contributed by atoms with Gasteiger partial charge < -0.3 is 15.4 Å². The molecule has 0 amide bonds. The molecule has 0 unspecified atom stereocenters. The van der Waals surface area contributed by atoms with E-state index in [9.17, 15) is 4.79 Å². The molecule has 3 heterocycles. The zero-order valence-corrected chi connectivity index (χ0v) is 20.7. The summed E-state index contributed by atoms with van der Waals surface area (Å²) in [5.74, 6) is 0.685. The first kappa shape index (κ1) is 24.0. The van der Waals surface area contributed by atoms with Gasteiger partial charge in [-0.2, -0.15) is 0 Å². The number of rotatable bonds is 10. The van der Waals surface area contributed by atoms with Crippen molar-refractivity contribution in [2.24, 2.45) is 5.41 Å². The Morgan fingerprint density at radius 1 is 1.12 bits per heavy atom. The highest BCUT2D eigenvalue weighted by molar-refractivity contribution is 7.99. The number of benzene rings is 1. The van der Waals surface area contributed by atoms with Crippen molar-refractivity contribution in [2.45, 2.75) is 62.9 Å². The molecule has 2 N–H and O–H groups in total. The second-order valence-electron chi connectivity index (χ2n) is 8.97. The fourth-order valence-electron chi connectivity index (χ4n) is 3.77. The lowest BCUT2D eigenvalue weighted by Gasteiger charge is -2.21. The molecular formula is C26H31N5O2S. The Balaban J connectivity index is 1.24. The van der Waals surface area contributed by atoms with Gasteiger partial charge in [0, 0.05) is 29.5 Å². The van der Waals surface area contributed by atoms with Crippen molar-refractivity contribution in [3.05, 3.63) is 60.2 Å². The lowest BCUT2D eigenvalue weighted by molar-refractivity contribution is -0.153. The highest BCUT2D eigenvalue weighted by Crippen LogP contribution is 2.42. The molecule has 0 aliphatic carbocycles. The first-order chi connectivity index (χ1) is 16.4. The van der Waals surface area contributed by atoms with Gasteiger partial charge in [-0.3, -0.25) is 9.78 Å². The van der Waals surface area contributed by atoms with Crippen LogP contribution in [-0.4, -0.2) is 27.5 Å². The van der Waals surface area contributed by atoms with Gasteiger partial charge in [0.25, 0.3) is 0 Å². The lowest BCUT2D eigenvalue weighted by atomic mass is 9.87. The molecule has 1 aliphatic heterocycles. The van der Waals surface area contributed by atoms with Gasteiger partial charge in [-0.25, -0.2) is 9.97 Å². The van der Waals surface area contributed by atoms with E-state index >= 15 is 0 Å². The molecule has 34 heavy (non-hydrogen) atoms. The molecule has 3 aromatic rings. The Bertz CT molecular complexity index is 1130. The fourth-order valence-corrected chi connectivity index (χ4v) is 4.65. The zero-order valence-electron chi connectivity index (χ0n) is 19.9. The maximum absolute atomic E-state index is 12.0. The number of hydrogen-bond acceptors (Lipinski definition) is 8. The Hall–Kier alpha value is -3.13. The average Bonchev–Trinajstić information content (AvgIpc) is 2.85. The van der Waals surface area contributed by atoms with Crippen molar-refractivity contribution >= 4 is 34.9 Å². The minimum atomic E-state index is -0.432. The number of anilines is 3. The molecule has 0 bridgehead atoms. The monoisotopic (exact) mass is 477 g/mol. The first-order valence-corrected chi connectivity index (χ1v) is 12.5. The van der Waals surface area contributed by atoms with Gasteiger partial charge in [-0.05, 0) is 69.9 Å². The number of pyridine rings is 1. The van der Waals surface area contributed by atoms with Gasteiger partial charge in [0.1, 0.15) is 5.03 Å². The van der Waals surface area contributed by atoms with Crippen molar-refractivity contribution < 1.29 is 9.53 Å². The molecule has 1 aromatic carbocycles. The summed E-state index contributed by atoms with van der Waals surface area (Å²) in [7, 11) is 0. The van der Waals surface area contributed by atoms with Crippen molar-refractivity contribution in [3.63, 3.8) is 0 Å². The standard InChI is InChI=1S/C26H31N5O2S/c1-4-33-25(32)26(2,3)12-6-5-7-19-9-10-20(17-30-19)29-16-18-8-11-22-21(15-18)31-23-24(34-22)28-14-13-27-23/h8-11,13-15,17,29H,4-7,12,16H2,1-3H3,(H,27,31).